The first-order valence-electron chi connectivity index (χ1n) is 7.22. The number of β-lactam (4-membered cyclic amide) rings is 1. The summed E-state index contributed by atoms with van der Waals surface area (Å²) in [5.41, 5.74) is 1.98. The first-order valence-corrected chi connectivity index (χ1v) is 8.80. The Morgan fingerprint density at radius 3 is 2.75 bits per heavy atom. The number of carbonyl (C=O) groups is 2. The summed E-state index contributed by atoms with van der Waals surface area (Å²) in [6.45, 7) is 0.0981. The van der Waals surface area contributed by atoms with Crippen LogP contribution in [0.2, 0.25) is 0 Å². The first kappa shape index (κ1) is 16.9. The molecule has 0 bridgehead atoms. The highest BCUT2D eigenvalue weighted by molar-refractivity contribution is 8.01. The monoisotopic (exact) mass is 367 g/mol. The fourth-order valence-electron chi connectivity index (χ4n) is 2.51. The minimum Gasteiger partial charge on any atom is -0.497 e. The van der Waals surface area contributed by atoms with E-state index in [0.717, 1.165) is 11.3 Å². The number of esters is 1. The van der Waals surface area contributed by atoms with Crippen LogP contribution in [-0.2, 0) is 20.9 Å². The molecule has 0 aliphatic carbocycles. The SMILES string of the molecule is COc1ccc(COC(=O)C2=C(CCl)CS[C@@H]3C(=[NH2+])C(=O)N23)cc1. The quantitative estimate of drug-likeness (QED) is 0.461. The molecule has 2 aliphatic rings. The Morgan fingerprint density at radius 2 is 2.12 bits per heavy atom. The van der Waals surface area contributed by atoms with E-state index in [1.807, 2.05) is 12.1 Å². The van der Waals surface area contributed by atoms with Gasteiger partial charge in [0.05, 0.1) is 7.11 Å². The van der Waals surface area contributed by atoms with Crippen LogP contribution in [-0.4, -0.2) is 46.6 Å². The molecule has 2 aliphatic heterocycles. The number of amides is 1. The highest BCUT2D eigenvalue weighted by Crippen LogP contribution is 2.38. The van der Waals surface area contributed by atoms with Crippen LogP contribution in [0.5, 0.6) is 5.75 Å². The fourth-order valence-corrected chi connectivity index (χ4v) is 4.07. The Hall–Kier alpha value is -1.99. The highest BCUT2D eigenvalue weighted by Gasteiger charge is 2.54. The molecule has 3 rings (SSSR count). The minimum absolute atomic E-state index is 0.0981. The van der Waals surface area contributed by atoms with E-state index >= 15 is 0 Å². The van der Waals surface area contributed by atoms with Crippen LogP contribution in [0, 0.1) is 0 Å². The second kappa shape index (κ2) is 6.86. The Morgan fingerprint density at radius 1 is 1.42 bits per heavy atom. The predicted octanol–water partition coefficient (Wildman–Crippen LogP) is 0.346. The standard InChI is InChI=1S/C16H15ClN2O4S/c1-22-11-4-2-9(3-5-11)7-23-16(21)13-10(6-17)8-24-15-12(18)14(20)19(13)15/h2-5,15,18H,6-8H2,1H3/p+1/t15-/m1/s1. The summed E-state index contributed by atoms with van der Waals surface area (Å²) in [6.07, 6.45) is 0. The third-order valence-electron chi connectivity index (χ3n) is 3.84. The maximum absolute atomic E-state index is 12.5. The van der Waals surface area contributed by atoms with Crippen LogP contribution in [0.1, 0.15) is 5.56 Å². The third kappa shape index (κ3) is 2.89. The van der Waals surface area contributed by atoms with Crippen LogP contribution in [0.25, 0.3) is 0 Å². The molecule has 6 nitrogen and oxygen atoms in total. The smallest absolute Gasteiger partial charge is 0.355 e. The number of benzene rings is 1. The van der Waals surface area contributed by atoms with Gasteiger partial charge >= 0.3 is 11.9 Å². The molecule has 2 N–H and O–H groups in total. The average molecular weight is 368 g/mol. The lowest BCUT2D eigenvalue weighted by Gasteiger charge is -2.41. The Kier molecular flexibility index (Phi) is 4.82. The molecular formula is C16H16ClN2O4S+. The number of hydrogen-bond donors (Lipinski definition) is 1. The summed E-state index contributed by atoms with van der Waals surface area (Å²) < 4.78 is 10.4. The number of nitrogens with zero attached hydrogens (tertiary/aromatic N) is 1. The molecule has 8 heteroatoms. The summed E-state index contributed by atoms with van der Waals surface area (Å²) in [5, 5.41) is 5.41. The van der Waals surface area contributed by atoms with Crippen molar-refractivity contribution < 1.29 is 24.5 Å². The molecule has 0 radical (unpaired) electrons. The number of carbonyl (C=O) groups excluding carboxylic acids is 2. The second-order valence-corrected chi connectivity index (χ2v) is 6.64. The van der Waals surface area contributed by atoms with Crippen LogP contribution in [0.15, 0.2) is 35.5 Å². The minimum atomic E-state index is -0.562. The molecule has 1 aromatic rings. The Bertz CT molecular complexity index is 732. The Balaban J connectivity index is 1.73. The molecule has 126 valence electrons. The lowest BCUT2D eigenvalue weighted by molar-refractivity contribution is -0.158. The lowest BCUT2D eigenvalue weighted by Crippen LogP contribution is -2.71. The van der Waals surface area contributed by atoms with Crippen molar-refractivity contribution in [1.29, 1.82) is 0 Å². The number of methoxy groups -OCH3 is 1. The Labute approximate surface area is 148 Å². The van der Waals surface area contributed by atoms with E-state index < -0.39 is 5.97 Å². The van der Waals surface area contributed by atoms with E-state index in [-0.39, 0.29) is 35.2 Å². The molecule has 2 heterocycles. The van der Waals surface area contributed by atoms with Gasteiger partial charge in [0.25, 0.3) is 5.71 Å². The molecule has 1 aromatic carbocycles. The zero-order valence-corrected chi connectivity index (χ0v) is 14.5. The maximum Gasteiger partial charge on any atom is 0.355 e. The molecule has 0 aromatic heterocycles. The molecule has 24 heavy (non-hydrogen) atoms. The van der Waals surface area contributed by atoms with Crippen LogP contribution >= 0.6 is 23.4 Å². The third-order valence-corrected chi connectivity index (χ3v) is 5.46. The molecule has 1 amide bonds. The second-order valence-electron chi connectivity index (χ2n) is 5.30. The summed E-state index contributed by atoms with van der Waals surface area (Å²) in [7, 11) is 1.58. The topological polar surface area (TPSA) is 81.4 Å². The largest absolute Gasteiger partial charge is 0.497 e. The fraction of sp³-hybridized carbons (Fsp3) is 0.312. The van der Waals surface area contributed by atoms with Crippen molar-refractivity contribution in [3.05, 3.63) is 41.1 Å². The van der Waals surface area contributed by atoms with Gasteiger partial charge < -0.3 is 9.47 Å². The van der Waals surface area contributed by atoms with Gasteiger partial charge in [-0.15, -0.1) is 23.4 Å². The molecule has 1 fully saturated rings. The van der Waals surface area contributed by atoms with E-state index in [0.29, 0.717) is 11.3 Å². The summed E-state index contributed by atoms with van der Waals surface area (Å²) >= 11 is 7.40. The van der Waals surface area contributed by atoms with Gasteiger partial charge in [-0.3, -0.25) is 15.1 Å². The molecule has 1 saturated heterocycles. The van der Waals surface area contributed by atoms with Crippen molar-refractivity contribution in [2.75, 3.05) is 18.7 Å². The van der Waals surface area contributed by atoms with Crippen molar-refractivity contribution in [3.63, 3.8) is 0 Å². The number of ether oxygens (including phenoxy) is 2. The predicted molar refractivity (Wildman–Crippen MR) is 90.6 cm³/mol. The van der Waals surface area contributed by atoms with E-state index in [4.69, 9.17) is 26.5 Å². The molecule has 0 spiro atoms. The van der Waals surface area contributed by atoms with E-state index in [1.165, 1.54) is 16.7 Å². The number of halogens is 1. The van der Waals surface area contributed by atoms with Crippen molar-refractivity contribution >= 4 is 41.0 Å². The van der Waals surface area contributed by atoms with Crippen LogP contribution in [0.4, 0.5) is 0 Å². The number of nitrogens with two attached hydrogens (primary N) is 1. The van der Waals surface area contributed by atoms with Gasteiger partial charge in [0, 0.05) is 11.6 Å². The maximum atomic E-state index is 12.5. The van der Waals surface area contributed by atoms with Gasteiger partial charge in [-0.1, -0.05) is 12.1 Å². The molecular weight excluding hydrogens is 352 g/mol. The molecule has 0 unspecified atom stereocenters. The van der Waals surface area contributed by atoms with Gasteiger partial charge in [-0.2, -0.15) is 0 Å². The van der Waals surface area contributed by atoms with Crippen LogP contribution in [0.3, 0.4) is 0 Å². The molecule has 1 atom stereocenters. The normalized spacial score (nSPS) is 19.8. The zero-order chi connectivity index (χ0) is 17.3. The van der Waals surface area contributed by atoms with Crippen LogP contribution < -0.4 is 10.1 Å². The van der Waals surface area contributed by atoms with E-state index in [9.17, 15) is 9.59 Å². The van der Waals surface area contributed by atoms with E-state index in [2.05, 4.69) is 0 Å². The summed E-state index contributed by atoms with van der Waals surface area (Å²) in [5.74, 6) is 0.516. The van der Waals surface area contributed by atoms with Gasteiger partial charge in [-0.05, 0) is 23.3 Å². The van der Waals surface area contributed by atoms with Crippen molar-refractivity contribution in [2.45, 2.75) is 12.0 Å². The van der Waals surface area contributed by atoms with Gasteiger partial charge in [0.1, 0.15) is 18.1 Å². The number of alkyl halides is 1. The lowest BCUT2D eigenvalue weighted by atomic mass is 10.1. The summed E-state index contributed by atoms with van der Waals surface area (Å²) in [4.78, 5) is 25.8. The zero-order valence-electron chi connectivity index (χ0n) is 13.0. The summed E-state index contributed by atoms with van der Waals surface area (Å²) in [6, 6.07) is 7.19. The number of hydrogen-bond acceptors (Lipinski definition) is 5. The van der Waals surface area contributed by atoms with Gasteiger partial charge in [0.2, 0.25) is 0 Å². The highest BCUT2D eigenvalue weighted by atomic mass is 35.5. The van der Waals surface area contributed by atoms with Gasteiger partial charge in [0.15, 0.2) is 5.37 Å². The number of thioether (sulfide) groups is 1. The first-order chi connectivity index (χ1) is 11.6. The van der Waals surface area contributed by atoms with Gasteiger partial charge in [-0.25, -0.2) is 4.79 Å². The number of fused-ring (bicyclic) bond motifs is 1. The van der Waals surface area contributed by atoms with Crippen molar-refractivity contribution in [3.8, 4) is 5.75 Å². The van der Waals surface area contributed by atoms with Crippen molar-refractivity contribution in [1.82, 2.24) is 4.90 Å². The molecule has 0 saturated carbocycles. The van der Waals surface area contributed by atoms with Crippen molar-refractivity contribution in [2.24, 2.45) is 0 Å². The number of rotatable bonds is 5. The average Bonchev–Trinajstić information content (AvgIpc) is 2.64. The van der Waals surface area contributed by atoms with E-state index in [1.54, 1.807) is 19.2 Å².